The normalized spacial score (nSPS) is 21.6. The summed E-state index contributed by atoms with van der Waals surface area (Å²) >= 11 is 0. The fourth-order valence-corrected chi connectivity index (χ4v) is 2.69. The van der Waals surface area contributed by atoms with Crippen LogP contribution in [-0.4, -0.2) is 40.1 Å². The lowest BCUT2D eigenvalue weighted by Gasteiger charge is -2.22. The summed E-state index contributed by atoms with van der Waals surface area (Å²) in [4.78, 5) is 0. The van der Waals surface area contributed by atoms with Gasteiger partial charge in [-0.1, -0.05) is 6.42 Å². The van der Waals surface area contributed by atoms with Crippen LogP contribution in [0.4, 0.5) is 0 Å². The van der Waals surface area contributed by atoms with E-state index in [0.29, 0.717) is 19.6 Å². The van der Waals surface area contributed by atoms with Crippen LogP contribution in [0.25, 0.3) is 0 Å². The molecule has 0 bridgehead atoms. The van der Waals surface area contributed by atoms with E-state index in [0.717, 1.165) is 32.3 Å². The fourth-order valence-electron chi connectivity index (χ4n) is 1.81. The van der Waals surface area contributed by atoms with Gasteiger partial charge in [-0.05, 0) is 32.1 Å². The van der Waals surface area contributed by atoms with Gasteiger partial charge < -0.3 is 9.47 Å². The molecule has 0 aromatic carbocycles. The predicted molar refractivity (Wildman–Crippen MR) is 67.9 cm³/mol. The molecule has 1 fully saturated rings. The van der Waals surface area contributed by atoms with Gasteiger partial charge in [-0.3, -0.25) is 0 Å². The van der Waals surface area contributed by atoms with E-state index in [-0.39, 0.29) is 11.9 Å². The van der Waals surface area contributed by atoms with Crippen LogP contribution in [0.15, 0.2) is 0 Å². The Labute approximate surface area is 108 Å². The molecule has 0 aliphatic carbocycles. The first-order chi connectivity index (χ1) is 8.08. The maximum absolute atomic E-state index is 10.6. The predicted octanol–water partition coefficient (Wildman–Crippen LogP) is 2.31. The topological polar surface area (TPSA) is 52.6 Å². The number of hydrogen-bond acceptors (Lipinski definition) is 4. The first kappa shape index (κ1) is 15.2. The molecule has 0 spiro atoms. The van der Waals surface area contributed by atoms with Crippen molar-refractivity contribution in [1.82, 2.24) is 0 Å². The van der Waals surface area contributed by atoms with Gasteiger partial charge in [-0.2, -0.15) is 0 Å². The van der Waals surface area contributed by atoms with Gasteiger partial charge >= 0.3 is 0 Å². The Hall–Kier alpha value is 0.160. The van der Waals surface area contributed by atoms with Crippen molar-refractivity contribution in [2.75, 3.05) is 25.6 Å². The molecule has 1 rings (SSSR count). The molecule has 4 nitrogen and oxygen atoms in total. The second-order valence-corrected chi connectivity index (χ2v) is 7.26. The molecule has 0 N–H and O–H groups in total. The third kappa shape index (κ3) is 8.83. The van der Waals surface area contributed by atoms with Crippen LogP contribution in [0.1, 0.15) is 38.5 Å². The van der Waals surface area contributed by atoms with E-state index >= 15 is 0 Å². The zero-order valence-electron chi connectivity index (χ0n) is 10.1. The lowest BCUT2D eigenvalue weighted by molar-refractivity contribution is -0.0410. The zero-order valence-corrected chi connectivity index (χ0v) is 11.6. The third-order valence-corrected chi connectivity index (χ3v) is 3.99. The van der Waals surface area contributed by atoms with Crippen LogP contribution in [0.2, 0.25) is 0 Å². The summed E-state index contributed by atoms with van der Waals surface area (Å²) in [5, 5.41) is 0. The van der Waals surface area contributed by atoms with Gasteiger partial charge in [0.15, 0.2) is 0 Å². The van der Waals surface area contributed by atoms with Crippen LogP contribution in [0.5, 0.6) is 0 Å². The van der Waals surface area contributed by atoms with E-state index < -0.39 is 9.05 Å². The third-order valence-electron chi connectivity index (χ3n) is 2.75. The van der Waals surface area contributed by atoms with E-state index in [1.807, 2.05) is 0 Å². The fraction of sp³-hybridized carbons (Fsp3) is 1.00. The number of hydrogen-bond donors (Lipinski definition) is 0. The van der Waals surface area contributed by atoms with Gasteiger partial charge in [0.05, 0.1) is 18.5 Å². The Morgan fingerprint density at radius 3 is 2.71 bits per heavy atom. The lowest BCUT2D eigenvalue weighted by Crippen LogP contribution is -2.24. The summed E-state index contributed by atoms with van der Waals surface area (Å²) < 4.78 is 32.3. The van der Waals surface area contributed by atoms with Gasteiger partial charge in [-0.15, -0.1) is 0 Å². The average molecular weight is 285 g/mol. The maximum Gasteiger partial charge on any atom is 0.232 e. The molecular weight excluding hydrogens is 264 g/mol. The molecule has 1 aliphatic heterocycles. The zero-order chi connectivity index (χ0) is 12.6. The summed E-state index contributed by atoms with van der Waals surface area (Å²) in [5.74, 6) is 0.0558. The van der Waals surface area contributed by atoms with Gasteiger partial charge in [0.2, 0.25) is 9.05 Å². The highest BCUT2D eigenvalue weighted by molar-refractivity contribution is 8.13. The molecule has 1 atom stereocenters. The van der Waals surface area contributed by atoms with Gasteiger partial charge in [0.1, 0.15) is 0 Å². The van der Waals surface area contributed by atoms with Gasteiger partial charge in [0.25, 0.3) is 0 Å². The average Bonchev–Trinajstić information content (AvgIpc) is 2.28. The summed E-state index contributed by atoms with van der Waals surface area (Å²) in [6.07, 6.45) is 6.04. The Morgan fingerprint density at radius 2 is 2.06 bits per heavy atom. The Morgan fingerprint density at radius 1 is 1.24 bits per heavy atom. The summed E-state index contributed by atoms with van der Waals surface area (Å²) in [7, 11) is 1.78. The molecule has 0 aromatic heterocycles. The molecule has 1 aliphatic rings. The molecule has 0 saturated carbocycles. The second kappa shape index (κ2) is 8.29. The van der Waals surface area contributed by atoms with Crippen molar-refractivity contribution in [3.05, 3.63) is 0 Å². The molecule has 1 heterocycles. The standard InChI is InChI=1S/C11H21ClO4S/c12-17(13,14)9-5-1-3-7-15-10-11-6-2-4-8-16-11/h11H,1-10H2. The Balaban J connectivity index is 1.87. The molecule has 102 valence electrons. The van der Waals surface area contributed by atoms with Crippen molar-refractivity contribution in [3.8, 4) is 0 Å². The highest BCUT2D eigenvalue weighted by Gasteiger charge is 2.13. The highest BCUT2D eigenvalue weighted by atomic mass is 35.7. The summed E-state index contributed by atoms with van der Waals surface area (Å²) in [6.45, 7) is 2.18. The molecule has 1 saturated heterocycles. The molecule has 0 radical (unpaired) electrons. The minimum absolute atomic E-state index is 0.0558. The van der Waals surface area contributed by atoms with Gasteiger partial charge in [0, 0.05) is 23.9 Å². The van der Waals surface area contributed by atoms with Crippen molar-refractivity contribution < 1.29 is 17.9 Å². The number of unbranched alkanes of at least 4 members (excludes halogenated alkanes) is 2. The number of halogens is 1. The lowest BCUT2D eigenvalue weighted by atomic mass is 10.1. The van der Waals surface area contributed by atoms with Crippen LogP contribution in [0.3, 0.4) is 0 Å². The summed E-state index contributed by atoms with van der Waals surface area (Å²) in [5.41, 5.74) is 0. The number of ether oxygens (including phenoxy) is 2. The second-order valence-electron chi connectivity index (χ2n) is 4.37. The minimum atomic E-state index is -3.32. The van der Waals surface area contributed by atoms with Crippen LogP contribution in [0, 0.1) is 0 Å². The minimum Gasteiger partial charge on any atom is -0.379 e. The van der Waals surface area contributed by atoms with Crippen molar-refractivity contribution in [3.63, 3.8) is 0 Å². The Kier molecular flexibility index (Phi) is 7.43. The van der Waals surface area contributed by atoms with Crippen molar-refractivity contribution in [2.45, 2.75) is 44.6 Å². The SMILES string of the molecule is O=S(=O)(Cl)CCCCCOCC1CCCCO1. The monoisotopic (exact) mass is 284 g/mol. The molecule has 17 heavy (non-hydrogen) atoms. The van der Waals surface area contributed by atoms with Crippen LogP contribution >= 0.6 is 10.7 Å². The van der Waals surface area contributed by atoms with E-state index in [1.54, 1.807) is 0 Å². The molecule has 6 heteroatoms. The maximum atomic E-state index is 10.6. The molecular formula is C11H21ClO4S. The molecule has 0 amide bonds. The summed E-state index contributed by atoms with van der Waals surface area (Å²) in [6, 6.07) is 0. The van der Waals surface area contributed by atoms with E-state index in [9.17, 15) is 8.42 Å². The number of rotatable bonds is 8. The first-order valence-electron chi connectivity index (χ1n) is 6.19. The van der Waals surface area contributed by atoms with E-state index in [4.69, 9.17) is 20.2 Å². The Bertz CT molecular complexity index is 286. The highest BCUT2D eigenvalue weighted by Crippen LogP contribution is 2.13. The van der Waals surface area contributed by atoms with Gasteiger partial charge in [-0.25, -0.2) is 8.42 Å². The molecule has 0 aromatic rings. The van der Waals surface area contributed by atoms with Crippen molar-refractivity contribution >= 4 is 19.7 Å². The quantitative estimate of drug-likeness (QED) is 0.507. The van der Waals surface area contributed by atoms with Crippen molar-refractivity contribution in [1.29, 1.82) is 0 Å². The van der Waals surface area contributed by atoms with Crippen LogP contribution in [-0.2, 0) is 18.5 Å². The smallest absolute Gasteiger partial charge is 0.232 e. The largest absolute Gasteiger partial charge is 0.379 e. The first-order valence-corrected chi connectivity index (χ1v) is 8.67. The van der Waals surface area contributed by atoms with Crippen molar-refractivity contribution in [2.24, 2.45) is 0 Å². The molecule has 1 unspecified atom stereocenters. The van der Waals surface area contributed by atoms with E-state index in [2.05, 4.69) is 0 Å². The van der Waals surface area contributed by atoms with Crippen LogP contribution < -0.4 is 0 Å². The van der Waals surface area contributed by atoms with E-state index in [1.165, 1.54) is 6.42 Å².